The summed E-state index contributed by atoms with van der Waals surface area (Å²) in [6.45, 7) is 9.04. The Morgan fingerprint density at radius 1 is 1.38 bits per heavy atom. The molecule has 90 valence electrons. The van der Waals surface area contributed by atoms with Crippen molar-refractivity contribution >= 4 is 16.7 Å². The quantitative estimate of drug-likeness (QED) is 0.825. The monoisotopic (exact) mass is 241 g/mol. The number of nitrogens with two attached hydrogens (primary N) is 1. The average molecular weight is 241 g/mol. The lowest BCUT2D eigenvalue weighted by molar-refractivity contribution is 0.201. The lowest BCUT2D eigenvalue weighted by Crippen LogP contribution is -2.51. The second-order valence-electron chi connectivity index (χ2n) is 4.23. The first-order valence-corrected chi connectivity index (χ1v) is 6.47. The fraction of sp³-hybridized carbons (Fsp3) is 0.800. The summed E-state index contributed by atoms with van der Waals surface area (Å²) in [5.41, 5.74) is 5.68. The number of hydrogen-bond donors (Lipinski definition) is 1. The largest absolute Gasteiger partial charge is 0.344 e. The molecule has 16 heavy (non-hydrogen) atoms. The molecule has 2 heterocycles. The van der Waals surface area contributed by atoms with Gasteiger partial charge < -0.3 is 10.6 Å². The average Bonchev–Trinajstić information content (AvgIpc) is 2.75. The van der Waals surface area contributed by atoms with Gasteiger partial charge in [-0.2, -0.15) is 4.37 Å². The summed E-state index contributed by atoms with van der Waals surface area (Å²) < 4.78 is 4.22. The molecular formula is C10H19N5S. The van der Waals surface area contributed by atoms with Crippen molar-refractivity contribution in [3.8, 4) is 0 Å². The van der Waals surface area contributed by atoms with Crippen LogP contribution in [-0.2, 0) is 0 Å². The van der Waals surface area contributed by atoms with Gasteiger partial charge in [0.15, 0.2) is 0 Å². The standard InChI is InChI=1S/C10H19N5S/c1-8(7-11)14-3-5-15(6-4-14)10-12-9(2)13-16-10/h8H,3-7,11H2,1-2H3. The lowest BCUT2D eigenvalue weighted by Gasteiger charge is -2.37. The second kappa shape index (κ2) is 5.07. The van der Waals surface area contributed by atoms with Gasteiger partial charge in [0.1, 0.15) is 5.82 Å². The zero-order valence-corrected chi connectivity index (χ0v) is 10.7. The molecule has 0 saturated carbocycles. The van der Waals surface area contributed by atoms with Crippen LogP contribution in [0.1, 0.15) is 12.7 Å². The number of aryl methyl sites for hydroxylation is 1. The van der Waals surface area contributed by atoms with Gasteiger partial charge in [0.05, 0.1) is 0 Å². The van der Waals surface area contributed by atoms with E-state index in [1.165, 1.54) is 11.5 Å². The molecule has 5 nitrogen and oxygen atoms in total. The van der Waals surface area contributed by atoms with Gasteiger partial charge in [-0.05, 0) is 13.8 Å². The van der Waals surface area contributed by atoms with Crippen molar-refractivity contribution in [3.05, 3.63) is 5.82 Å². The molecule has 2 N–H and O–H groups in total. The van der Waals surface area contributed by atoms with E-state index in [1.54, 1.807) is 0 Å². The zero-order chi connectivity index (χ0) is 11.5. The molecule has 1 aromatic rings. The topological polar surface area (TPSA) is 58.3 Å². The SMILES string of the molecule is Cc1nsc(N2CCN(C(C)CN)CC2)n1. The van der Waals surface area contributed by atoms with E-state index < -0.39 is 0 Å². The zero-order valence-electron chi connectivity index (χ0n) is 9.89. The van der Waals surface area contributed by atoms with Crippen LogP contribution in [0.3, 0.4) is 0 Å². The molecule has 1 atom stereocenters. The highest BCUT2D eigenvalue weighted by atomic mass is 32.1. The van der Waals surface area contributed by atoms with E-state index in [0.717, 1.165) is 43.7 Å². The molecule has 1 aromatic heterocycles. The van der Waals surface area contributed by atoms with E-state index in [2.05, 4.69) is 26.1 Å². The Bertz CT molecular complexity index is 332. The van der Waals surface area contributed by atoms with Crippen molar-refractivity contribution in [1.29, 1.82) is 0 Å². The third kappa shape index (κ3) is 2.50. The summed E-state index contributed by atoms with van der Waals surface area (Å²) in [6.07, 6.45) is 0. The molecule has 0 spiro atoms. The van der Waals surface area contributed by atoms with E-state index in [-0.39, 0.29) is 0 Å². The Hall–Kier alpha value is -0.720. The maximum absolute atomic E-state index is 5.68. The molecule has 0 aromatic carbocycles. The summed E-state index contributed by atoms with van der Waals surface area (Å²) in [6, 6.07) is 0.485. The van der Waals surface area contributed by atoms with Gasteiger partial charge in [-0.3, -0.25) is 4.90 Å². The van der Waals surface area contributed by atoms with Gasteiger partial charge >= 0.3 is 0 Å². The first-order valence-electron chi connectivity index (χ1n) is 5.70. The van der Waals surface area contributed by atoms with Gasteiger partial charge in [0.25, 0.3) is 0 Å². The van der Waals surface area contributed by atoms with Crippen molar-refractivity contribution in [3.63, 3.8) is 0 Å². The minimum absolute atomic E-state index is 0.485. The molecule has 1 aliphatic rings. The summed E-state index contributed by atoms with van der Waals surface area (Å²) >= 11 is 1.49. The minimum Gasteiger partial charge on any atom is -0.344 e. The highest BCUT2D eigenvalue weighted by molar-refractivity contribution is 7.09. The molecule has 6 heteroatoms. The fourth-order valence-corrected chi connectivity index (χ4v) is 2.64. The van der Waals surface area contributed by atoms with Crippen molar-refractivity contribution < 1.29 is 0 Å². The van der Waals surface area contributed by atoms with Gasteiger partial charge in [0.2, 0.25) is 5.13 Å². The van der Waals surface area contributed by atoms with E-state index in [4.69, 9.17) is 5.73 Å². The van der Waals surface area contributed by atoms with Crippen molar-refractivity contribution in [2.75, 3.05) is 37.6 Å². The summed E-state index contributed by atoms with van der Waals surface area (Å²) in [4.78, 5) is 9.16. The Kier molecular flexibility index (Phi) is 3.73. The minimum atomic E-state index is 0.485. The Labute approximate surface area is 100 Å². The van der Waals surface area contributed by atoms with Gasteiger partial charge in [-0.1, -0.05) is 0 Å². The van der Waals surface area contributed by atoms with Crippen molar-refractivity contribution in [1.82, 2.24) is 14.3 Å². The summed E-state index contributed by atoms with van der Waals surface area (Å²) in [5.74, 6) is 0.873. The molecule has 1 unspecified atom stereocenters. The van der Waals surface area contributed by atoms with Crippen LogP contribution < -0.4 is 10.6 Å². The molecule has 1 fully saturated rings. The molecule has 0 amide bonds. The van der Waals surface area contributed by atoms with Crippen LogP contribution in [0.2, 0.25) is 0 Å². The number of hydrogen-bond acceptors (Lipinski definition) is 6. The normalized spacial score (nSPS) is 20.1. The van der Waals surface area contributed by atoms with Crippen molar-refractivity contribution in [2.45, 2.75) is 19.9 Å². The predicted octanol–water partition coefficient (Wildman–Crippen LogP) is 0.316. The number of piperazine rings is 1. The molecule has 0 aliphatic carbocycles. The van der Waals surface area contributed by atoms with Crippen LogP contribution in [0, 0.1) is 6.92 Å². The first kappa shape index (κ1) is 11.8. The highest BCUT2D eigenvalue weighted by Crippen LogP contribution is 2.19. The Morgan fingerprint density at radius 3 is 2.56 bits per heavy atom. The van der Waals surface area contributed by atoms with Crippen LogP contribution in [0.15, 0.2) is 0 Å². The summed E-state index contributed by atoms with van der Waals surface area (Å²) in [7, 11) is 0. The first-order chi connectivity index (χ1) is 7.70. The maximum atomic E-state index is 5.68. The lowest BCUT2D eigenvalue weighted by atomic mass is 10.2. The van der Waals surface area contributed by atoms with Crippen LogP contribution in [0.5, 0.6) is 0 Å². The third-order valence-corrected chi connectivity index (χ3v) is 3.93. The Balaban J connectivity index is 1.90. The fourth-order valence-electron chi connectivity index (χ4n) is 1.92. The molecular weight excluding hydrogens is 222 g/mol. The molecule has 0 radical (unpaired) electrons. The van der Waals surface area contributed by atoms with Gasteiger partial charge in [0, 0.05) is 50.3 Å². The summed E-state index contributed by atoms with van der Waals surface area (Å²) in [5, 5.41) is 1.05. The number of anilines is 1. The third-order valence-electron chi connectivity index (χ3n) is 3.07. The molecule has 2 rings (SSSR count). The second-order valence-corrected chi connectivity index (χ2v) is 4.96. The maximum Gasteiger partial charge on any atom is 0.205 e. The predicted molar refractivity (Wildman–Crippen MR) is 66.9 cm³/mol. The number of nitrogens with zero attached hydrogens (tertiary/aromatic N) is 4. The van der Waals surface area contributed by atoms with Crippen molar-refractivity contribution in [2.24, 2.45) is 5.73 Å². The molecule has 1 aliphatic heterocycles. The van der Waals surface area contributed by atoms with Gasteiger partial charge in [-0.15, -0.1) is 0 Å². The number of rotatable bonds is 3. The van der Waals surface area contributed by atoms with Gasteiger partial charge in [-0.25, -0.2) is 4.98 Å². The van der Waals surface area contributed by atoms with Crippen LogP contribution in [-0.4, -0.2) is 53.0 Å². The van der Waals surface area contributed by atoms with Crippen LogP contribution in [0.25, 0.3) is 0 Å². The van der Waals surface area contributed by atoms with Crippen LogP contribution >= 0.6 is 11.5 Å². The number of aromatic nitrogens is 2. The van der Waals surface area contributed by atoms with E-state index in [1.807, 2.05) is 6.92 Å². The molecule has 0 bridgehead atoms. The van der Waals surface area contributed by atoms with Crippen LogP contribution in [0.4, 0.5) is 5.13 Å². The molecule has 1 saturated heterocycles. The smallest absolute Gasteiger partial charge is 0.205 e. The van der Waals surface area contributed by atoms with E-state index in [9.17, 15) is 0 Å². The van der Waals surface area contributed by atoms with E-state index >= 15 is 0 Å². The highest BCUT2D eigenvalue weighted by Gasteiger charge is 2.21. The van der Waals surface area contributed by atoms with E-state index in [0.29, 0.717) is 6.04 Å². The Morgan fingerprint density at radius 2 is 2.06 bits per heavy atom.